The summed E-state index contributed by atoms with van der Waals surface area (Å²) >= 11 is 1.49. The molecule has 0 saturated carbocycles. The quantitative estimate of drug-likeness (QED) is 0.456. The zero-order valence-corrected chi connectivity index (χ0v) is 16.7. The van der Waals surface area contributed by atoms with E-state index in [1.807, 2.05) is 19.9 Å². The van der Waals surface area contributed by atoms with Crippen molar-refractivity contribution in [3.8, 4) is 0 Å². The monoisotopic (exact) mass is 415 g/mol. The van der Waals surface area contributed by atoms with E-state index in [-0.39, 0.29) is 23.5 Å². The Balaban J connectivity index is 1.51. The highest BCUT2D eigenvalue weighted by molar-refractivity contribution is 8.01. The molecular weight excluding hydrogens is 394 g/mol. The number of carbonyl (C=O) groups is 4. The highest BCUT2D eigenvalue weighted by Gasteiger charge is 2.63. The third kappa shape index (κ3) is 3.32. The number of hydrogen-bond donors (Lipinski definition) is 3. The van der Waals surface area contributed by atoms with Crippen LogP contribution in [0.3, 0.4) is 0 Å². The number of amides is 4. The molecule has 0 aromatic heterocycles. The molecule has 3 aliphatic heterocycles. The molecule has 3 unspecified atom stereocenters. The first kappa shape index (κ1) is 19.6. The van der Waals surface area contributed by atoms with Crippen LogP contribution in [0, 0.1) is 0 Å². The lowest BCUT2D eigenvalue weighted by molar-refractivity contribution is -0.149. The lowest BCUT2D eigenvalue weighted by Gasteiger charge is -2.45. The van der Waals surface area contributed by atoms with E-state index in [1.54, 1.807) is 29.2 Å². The van der Waals surface area contributed by atoms with E-state index in [9.17, 15) is 19.2 Å². The molecule has 1 aromatic carbocycles. The number of fused-ring (bicyclic) bond motifs is 1. The number of benzene rings is 1. The van der Waals surface area contributed by atoms with Gasteiger partial charge < -0.3 is 21.3 Å². The van der Waals surface area contributed by atoms with Gasteiger partial charge in [0.25, 0.3) is 5.91 Å². The molecule has 10 heteroatoms. The molecule has 152 valence electrons. The maximum absolute atomic E-state index is 12.8. The third-order valence-corrected chi connectivity index (χ3v) is 6.83. The van der Waals surface area contributed by atoms with Crippen LogP contribution in [-0.2, 0) is 19.2 Å². The molecule has 9 nitrogen and oxygen atoms in total. The van der Waals surface area contributed by atoms with Crippen molar-refractivity contribution >= 4 is 41.2 Å². The number of rotatable bonds is 4. The Labute approximate surface area is 171 Å². The van der Waals surface area contributed by atoms with Gasteiger partial charge in [-0.25, -0.2) is 0 Å². The Morgan fingerprint density at radius 1 is 1.31 bits per heavy atom. The second-order valence-corrected chi connectivity index (χ2v) is 9.52. The summed E-state index contributed by atoms with van der Waals surface area (Å²) in [6.07, 6.45) is -0.294. The number of nitrogens with zero attached hydrogens (tertiary/aromatic N) is 2. The number of hydrogen-bond acceptors (Lipinski definition) is 6. The molecule has 0 spiro atoms. The number of aliphatic imine (C=N–C) groups is 1. The number of β-lactam (4-membered cyclic amide) rings is 1. The molecule has 4 amide bonds. The lowest BCUT2D eigenvalue weighted by atomic mass is 9.94. The van der Waals surface area contributed by atoms with Gasteiger partial charge >= 0.3 is 0 Å². The Morgan fingerprint density at radius 2 is 2.00 bits per heavy atom. The zero-order chi connectivity index (χ0) is 20.9. The minimum absolute atomic E-state index is 0.186. The number of amidine groups is 1. The van der Waals surface area contributed by atoms with Crippen LogP contribution in [-0.4, -0.2) is 56.6 Å². The van der Waals surface area contributed by atoms with Crippen LogP contribution in [0.1, 0.15) is 31.9 Å². The summed E-state index contributed by atoms with van der Waals surface area (Å²) < 4.78 is -0.509. The molecule has 4 N–H and O–H groups in total. The first-order valence-corrected chi connectivity index (χ1v) is 10.1. The van der Waals surface area contributed by atoms with Gasteiger partial charge in [0.2, 0.25) is 17.7 Å². The van der Waals surface area contributed by atoms with Crippen LogP contribution in [0.5, 0.6) is 0 Å². The van der Waals surface area contributed by atoms with Crippen LogP contribution in [0.25, 0.3) is 0 Å². The maximum Gasteiger partial charge on any atom is 0.256 e. The van der Waals surface area contributed by atoms with Crippen molar-refractivity contribution in [1.29, 1.82) is 0 Å². The highest BCUT2D eigenvalue weighted by atomic mass is 32.2. The number of carbonyl (C=O) groups excluding carboxylic acids is 4. The Bertz CT molecular complexity index is 932. The summed E-state index contributed by atoms with van der Waals surface area (Å²) in [5.41, 5.74) is 6.68. The van der Waals surface area contributed by atoms with Gasteiger partial charge in [-0.05, 0) is 19.4 Å². The van der Waals surface area contributed by atoms with Crippen molar-refractivity contribution < 1.29 is 19.2 Å². The summed E-state index contributed by atoms with van der Waals surface area (Å²) in [6.45, 7) is 3.83. The zero-order valence-electron chi connectivity index (χ0n) is 15.9. The Kier molecular flexibility index (Phi) is 4.70. The molecule has 0 bridgehead atoms. The fourth-order valence-electron chi connectivity index (χ4n) is 3.90. The molecule has 3 aliphatic rings. The van der Waals surface area contributed by atoms with Gasteiger partial charge in [-0.1, -0.05) is 30.3 Å². The van der Waals surface area contributed by atoms with Crippen LogP contribution < -0.4 is 16.4 Å². The first-order chi connectivity index (χ1) is 13.7. The van der Waals surface area contributed by atoms with Crippen LogP contribution in [0.15, 0.2) is 35.3 Å². The van der Waals surface area contributed by atoms with Crippen molar-refractivity contribution in [3.05, 3.63) is 35.9 Å². The van der Waals surface area contributed by atoms with Gasteiger partial charge in [0.1, 0.15) is 35.8 Å². The van der Waals surface area contributed by atoms with Crippen molar-refractivity contribution in [2.24, 2.45) is 10.7 Å². The lowest BCUT2D eigenvalue weighted by Crippen LogP contribution is -2.72. The van der Waals surface area contributed by atoms with E-state index in [2.05, 4.69) is 15.6 Å². The number of nitrogens with two attached hydrogens (primary N) is 1. The van der Waals surface area contributed by atoms with Gasteiger partial charge in [-0.2, -0.15) is 4.99 Å². The molecule has 2 saturated heterocycles. The molecule has 3 heterocycles. The number of nitrogens with one attached hydrogen (secondary N) is 2. The smallest absolute Gasteiger partial charge is 0.256 e. The van der Waals surface area contributed by atoms with E-state index < -0.39 is 40.6 Å². The molecule has 4 rings (SSSR count). The summed E-state index contributed by atoms with van der Waals surface area (Å²) in [6, 6.07) is 6.76. The summed E-state index contributed by atoms with van der Waals surface area (Å²) in [7, 11) is 0. The van der Waals surface area contributed by atoms with E-state index in [0.717, 1.165) is 0 Å². The second-order valence-electron chi connectivity index (χ2n) is 7.75. The molecule has 29 heavy (non-hydrogen) atoms. The Morgan fingerprint density at radius 3 is 2.66 bits per heavy atom. The topological polar surface area (TPSA) is 134 Å². The summed E-state index contributed by atoms with van der Waals surface area (Å²) in [4.78, 5) is 54.4. The van der Waals surface area contributed by atoms with E-state index in [4.69, 9.17) is 5.73 Å². The minimum Gasteiger partial charge on any atom is -0.340 e. The molecule has 1 aromatic rings. The van der Waals surface area contributed by atoms with E-state index in [1.165, 1.54) is 11.8 Å². The predicted octanol–water partition coefficient (Wildman–Crippen LogP) is -0.321. The SMILES string of the molecule is CC1(C)S[C@H]2C(NC(=O)C(N)c3ccccc3)C(=O)N2C1C1=NC(=O)CC(=O)N1. The average molecular weight is 415 g/mol. The van der Waals surface area contributed by atoms with Gasteiger partial charge in [-0.3, -0.25) is 19.2 Å². The standard InChI is InChI=1S/C19H21N5O4S/c1-19(2)14(15-21-10(25)8-11(26)22-15)24-17(28)13(18(24)29-19)23-16(27)12(20)9-6-4-3-5-7-9/h3-7,12-14,18H,8,20H2,1-2H3,(H,23,27)(H,21,22,25,26)/t12?,13?,14?,18-/m0/s1. The predicted molar refractivity (Wildman–Crippen MR) is 107 cm³/mol. The molecule has 4 atom stereocenters. The van der Waals surface area contributed by atoms with Crippen molar-refractivity contribution in [2.45, 2.75) is 48.5 Å². The van der Waals surface area contributed by atoms with Crippen molar-refractivity contribution in [1.82, 2.24) is 15.5 Å². The molecular formula is C19H21N5O4S. The summed E-state index contributed by atoms with van der Waals surface area (Å²) in [5.74, 6) is -1.50. The maximum atomic E-state index is 12.8. The first-order valence-electron chi connectivity index (χ1n) is 9.21. The minimum atomic E-state index is -0.882. The van der Waals surface area contributed by atoms with Crippen LogP contribution in [0.2, 0.25) is 0 Å². The highest BCUT2D eigenvalue weighted by Crippen LogP contribution is 2.51. The van der Waals surface area contributed by atoms with Gasteiger partial charge in [0.05, 0.1) is 0 Å². The van der Waals surface area contributed by atoms with Crippen molar-refractivity contribution in [3.63, 3.8) is 0 Å². The fraction of sp³-hybridized carbons (Fsp3) is 0.421. The van der Waals surface area contributed by atoms with Gasteiger partial charge in [-0.15, -0.1) is 11.8 Å². The third-order valence-electron chi connectivity index (χ3n) is 5.26. The van der Waals surface area contributed by atoms with Crippen LogP contribution in [0.4, 0.5) is 0 Å². The average Bonchev–Trinajstić information content (AvgIpc) is 2.93. The Hall–Kier alpha value is -2.72. The second kappa shape index (κ2) is 6.96. The fourth-order valence-corrected chi connectivity index (χ4v) is 5.54. The van der Waals surface area contributed by atoms with Gasteiger partial charge in [0, 0.05) is 4.75 Å². The number of thioether (sulfide) groups is 1. The summed E-state index contributed by atoms with van der Waals surface area (Å²) in [5, 5.41) is 5.04. The van der Waals surface area contributed by atoms with Crippen molar-refractivity contribution in [2.75, 3.05) is 0 Å². The largest absolute Gasteiger partial charge is 0.340 e. The molecule has 0 aliphatic carbocycles. The van der Waals surface area contributed by atoms with E-state index >= 15 is 0 Å². The molecule has 0 radical (unpaired) electrons. The normalized spacial score (nSPS) is 28.8. The van der Waals surface area contributed by atoms with E-state index in [0.29, 0.717) is 5.56 Å². The van der Waals surface area contributed by atoms with Gasteiger partial charge in [0.15, 0.2) is 0 Å². The molecule has 2 fully saturated rings. The van der Waals surface area contributed by atoms with Crippen LogP contribution >= 0.6 is 11.8 Å².